The van der Waals surface area contributed by atoms with E-state index in [0.29, 0.717) is 10.9 Å². The quantitative estimate of drug-likeness (QED) is 0.833. The highest BCUT2D eigenvalue weighted by Crippen LogP contribution is 2.28. The number of halogens is 1. The molecule has 5 heteroatoms. The first-order valence-corrected chi connectivity index (χ1v) is 6.13. The van der Waals surface area contributed by atoms with Crippen LogP contribution in [0.4, 0.5) is 0 Å². The van der Waals surface area contributed by atoms with Crippen LogP contribution >= 0.6 is 11.6 Å². The van der Waals surface area contributed by atoms with E-state index in [0.717, 1.165) is 18.8 Å². The van der Waals surface area contributed by atoms with Gasteiger partial charge in [-0.1, -0.05) is 29.8 Å². The Kier molecular flexibility index (Phi) is 4.23. The predicted octanol–water partition coefficient (Wildman–Crippen LogP) is 2.89. The summed E-state index contributed by atoms with van der Waals surface area (Å²) in [6.07, 6.45) is 1.64. The van der Waals surface area contributed by atoms with E-state index in [1.165, 1.54) is 0 Å². The Hall–Kier alpha value is -1.52. The average Bonchev–Trinajstić information content (AvgIpc) is 2.70. The average molecular weight is 266 g/mol. The molecule has 2 aromatic rings. The molecule has 0 spiro atoms. The van der Waals surface area contributed by atoms with Gasteiger partial charge >= 0.3 is 0 Å². The summed E-state index contributed by atoms with van der Waals surface area (Å²) in [5.41, 5.74) is 0. The molecule has 0 aliphatic rings. The fourth-order valence-electron chi connectivity index (χ4n) is 1.49. The molecule has 0 aliphatic heterocycles. The van der Waals surface area contributed by atoms with Gasteiger partial charge in [-0.2, -0.15) is 5.10 Å². The Balaban J connectivity index is 2.06. The maximum absolute atomic E-state index is 6.21. The second kappa shape index (κ2) is 5.89. The molecule has 18 heavy (non-hydrogen) atoms. The minimum Gasteiger partial charge on any atom is -0.452 e. The van der Waals surface area contributed by atoms with Crippen LogP contribution in [0.15, 0.2) is 36.5 Å². The topological polar surface area (TPSA) is 30.3 Å². The van der Waals surface area contributed by atoms with E-state index in [1.54, 1.807) is 10.9 Å². The van der Waals surface area contributed by atoms with Gasteiger partial charge in [0, 0.05) is 6.54 Å². The van der Waals surface area contributed by atoms with Crippen molar-refractivity contribution in [2.45, 2.75) is 6.54 Å². The Bertz CT molecular complexity index is 496. The van der Waals surface area contributed by atoms with E-state index in [9.17, 15) is 0 Å². The first-order chi connectivity index (χ1) is 8.66. The van der Waals surface area contributed by atoms with Crippen molar-refractivity contribution in [3.05, 3.63) is 41.7 Å². The van der Waals surface area contributed by atoms with Gasteiger partial charge in [0.15, 0.2) is 10.9 Å². The third-order valence-corrected chi connectivity index (χ3v) is 2.86. The van der Waals surface area contributed by atoms with Crippen molar-refractivity contribution in [2.24, 2.45) is 0 Å². The molecule has 0 atom stereocenters. The van der Waals surface area contributed by atoms with Gasteiger partial charge < -0.3 is 9.64 Å². The van der Waals surface area contributed by atoms with Gasteiger partial charge in [-0.15, -0.1) is 0 Å². The van der Waals surface area contributed by atoms with Crippen LogP contribution in [0, 0.1) is 0 Å². The molecule has 0 saturated carbocycles. The minimum atomic E-state index is 0.528. The van der Waals surface area contributed by atoms with E-state index >= 15 is 0 Å². The highest BCUT2D eigenvalue weighted by molar-refractivity contribution is 6.31. The molecule has 1 heterocycles. The number of likely N-dealkylation sites (N-methyl/N-ethyl adjacent to an activating group) is 1. The maximum Gasteiger partial charge on any atom is 0.184 e. The van der Waals surface area contributed by atoms with Gasteiger partial charge in [-0.3, -0.25) is 0 Å². The first-order valence-electron chi connectivity index (χ1n) is 5.76. The largest absolute Gasteiger partial charge is 0.452 e. The van der Waals surface area contributed by atoms with Crippen molar-refractivity contribution in [1.29, 1.82) is 0 Å². The predicted molar refractivity (Wildman–Crippen MR) is 72.3 cm³/mol. The molecule has 0 radical (unpaired) electrons. The lowest BCUT2D eigenvalue weighted by Gasteiger charge is -2.10. The molecule has 0 amide bonds. The fourth-order valence-corrected chi connectivity index (χ4v) is 1.70. The van der Waals surface area contributed by atoms with Crippen LogP contribution in [0.3, 0.4) is 0 Å². The van der Waals surface area contributed by atoms with Crippen LogP contribution in [0.25, 0.3) is 0 Å². The summed E-state index contributed by atoms with van der Waals surface area (Å²) in [7, 11) is 4.03. The zero-order chi connectivity index (χ0) is 13.0. The molecule has 0 N–H and O–H groups in total. The molecule has 0 fully saturated rings. The Morgan fingerprint density at radius 2 is 2.00 bits per heavy atom. The Labute approximate surface area is 112 Å². The van der Waals surface area contributed by atoms with Crippen LogP contribution in [0.5, 0.6) is 11.5 Å². The van der Waals surface area contributed by atoms with Crippen LogP contribution in [0.1, 0.15) is 0 Å². The summed E-state index contributed by atoms with van der Waals surface area (Å²) in [6.45, 7) is 1.62. The number of benzene rings is 1. The third kappa shape index (κ3) is 3.24. The van der Waals surface area contributed by atoms with Gasteiger partial charge in [0.1, 0.15) is 5.75 Å². The number of hydrogen-bond acceptors (Lipinski definition) is 3. The lowest BCUT2D eigenvalue weighted by molar-refractivity contribution is 0.373. The summed E-state index contributed by atoms with van der Waals surface area (Å²) in [5, 5.41) is 4.75. The van der Waals surface area contributed by atoms with Crippen LogP contribution in [0.2, 0.25) is 5.15 Å². The third-order valence-electron chi connectivity index (χ3n) is 2.47. The number of aromatic nitrogens is 2. The molecule has 0 saturated heterocycles. The monoisotopic (exact) mass is 265 g/mol. The summed E-state index contributed by atoms with van der Waals surface area (Å²) in [4.78, 5) is 2.08. The standard InChI is InChI=1S/C13H16ClN3O/c1-16(2)8-9-17-13(14)12(10-15-17)18-11-6-4-3-5-7-11/h3-7,10H,8-9H2,1-2H3. The SMILES string of the molecule is CN(C)CCn1ncc(Oc2ccccc2)c1Cl. The zero-order valence-electron chi connectivity index (χ0n) is 10.5. The van der Waals surface area contributed by atoms with Crippen LogP contribution in [-0.4, -0.2) is 35.3 Å². The minimum absolute atomic E-state index is 0.528. The summed E-state index contributed by atoms with van der Waals surface area (Å²) in [6, 6.07) is 9.54. The molecular formula is C13H16ClN3O. The molecule has 96 valence electrons. The van der Waals surface area contributed by atoms with Crippen molar-refractivity contribution in [3.8, 4) is 11.5 Å². The molecule has 1 aromatic heterocycles. The van der Waals surface area contributed by atoms with E-state index in [2.05, 4.69) is 10.00 Å². The number of ether oxygens (including phenoxy) is 1. The van der Waals surface area contributed by atoms with Gasteiger partial charge in [-0.05, 0) is 26.2 Å². The summed E-state index contributed by atoms with van der Waals surface area (Å²) >= 11 is 6.21. The van der Waals surface area contributed by atoms with Gasteiger partial charge in [0.2, 0.25) is 0 Å². The smallest absolute Gasteiger partial charge is 0.184 e. The van der Waals surface area contributed by atoms with Crippen molar-refractivity contribution < 1.29 is 4.74 Å². The van der Waals surface area contributed by atoms with Gasteiger partial charge in [-0.25, -0.2) is 4.68 Å². The van der Waals surface area contributed by atoms with Crippen molar-refractivity contribution >= 4 is 11.6 Å². The molecule has 2 rings (SSSR count). The van der Waals surface area contributed by atoms with E-state index < -0.39 is 0 Å². The van der Waals surface area contributed by atoms with Crippen molar-refractivity contribution in [1.82, 2.24) is 14.7 Å². The molecule has 0 bridgehead atoms. The van der Waals surface area contributed by atoms with Crippen LogP contribution < -0.4 is 4.74 Å². The normalized spacial score (nSPS) is 10.9. The number of rotatable bonds is 5. The van der Waals surface area contributed by atoms with E-state index in [4.69, 9.17) is 16.3 Å². The second-order valence-corrected chi connectivity index (χ2v) is 4.60. The number of nitrogens with zero attached hydrogens (tertiary/aromatic N) is 3. The van der Waals surface area contributed by atoms with Gasteiger partial charge in [0.05, 0.1) is 12.7 Å². The van der Waals surface area contributed by atoms with Crippen molar-refractivity contribution in [3.63, 3.8) is 0 Å². The highest BCUT2D eigenvalue weighted by atomic mass is 35.5. The summed E-state index contributed by atoms with van der Waals surface area (Å²) in [5.74, 6) is 1.34. The van der Waals surface area contributed by atoms with Crippen molar-refractivity contribution in [2.75, 3.05) is 20.6 Å². The lowest BCUT2D eigenvalue weighted by Crippen LogP contribution is -2.19. The second-order valence-electron chi connectivity index (χ2n) is 4.24. The molecule has 0 unspecified atom stereocenters. The molecular weight excluding hydrogens is 250 g/mol. The zero-order valence-corrected chi connectivity index (χ0v) is 11.3. The molecule has 4 nitrogen and oxygen atoms in total. The first kappa shape index (κ1) is 12.9. The Morgan fingerprint density at radius 3 is 2.67 bits per heavy atom. The number of para-hydroxylation sites is 1. The molecule has 0 aliphatic carbocycles. The Morgan fingerprint density at radius 1 is 1.28 bits per heavy atom. The van der Waals surface area contributed by atoms with E-state index in [-0.39, 0.29) is 0 Å². The number of hydrogen-bond donors (Lipinski definition) is 0. The maximum atomic E-state index is 6.21. The van der Waals surface area contributed by atoms with Crippen LogP contribution in [-0.2, 0) is 6.54 Å². The summed E-state index contributed by atoms with van der Waals surface area (Å²) < 4.78 is 7.40. The lowest BCUT2D eigenvalue weighted by atomic mass is 10.3. The van der Waals surface area contributed by atoms with E-state index in [1.807, 2.05) is 44.4 Å². The highest BCUT2D eigenvalue weighted by Gasteiger charge is 2.10. The fraction of sp³-hybridized carbons (Fsp3) is 0.308. The molecule has 1 aromatic carbocycles. The van der Waals surface area contributed by atoms with Gasteiger partial charge in [0.25, 0.3) is 0 Å².